The number of aliphatic hydroxyl groups excluding tert-OH is 1. The van der Waals surface area contributed by atoms with Gasteiger partial charge in [-0.15, -0.1) is 0 Å². The number of pyridine rings is 1. The summed E-state index contributed by atoms with van der Waals surface area (Å²) in [6.45, 7) is 2.71. The molecule has 1 atom stereocenters. The number of aryl methyl sites for hydroxylation is 2. The minimum Gasteiger partial charge on any atom is -0.396 e. The van der Waals surface area contributed by atoms with Gasteiger partial charge in [0.25, 0.3) is 0 Å². The molecule has 0 saturated carbocycles. The maximum atomic E-state index is 12.8. The maximum Gasteiger partial charge on any atom is 0.244 e. The Morgan fingerprint density at radius 2 is 2.23 bits per heavy atom. The molecule has 7 nitrogen and oxygen atoms in total. The zero-order valence-electron chi connectivity index (χ0n) is 12.7. The summed E-state index contributed by atoms with van der Waals surface area (Å²) in [5, 5.41) is 14.3. The molecule has 0 radical (unpaired) electrons. The molecule has 1 aliphatic heterocycles. The Labute approximate surface area is 129 Å². The smallest absolute Gasteiger partial charge is 0.244 e. The molecule has 3 rings (SSSR count). The molecule has 0 spiro atoms. The van der Waals surface area contributed by atoms with E-state index in [-0.39, 0.29) is 17.4 Å². The van der Waals surface area contributed by atoms with Crippen LogP contribution in [0.2, 0.25) is 0 Å². The average Bonchev–Trinajstić information content (AvgIpc) is 2.81. The van der Waals surface area contributed by atoms with Crippen molar-refractivity contribution in [3.8, 4) is 0 Å². The summed E-state index contributed by atoms with van der Waals surface area (Å²) in [4.78, 5) is 4.44. The zero-order chi connectivity index (χ0) is 15.9. The van der Waals surface area contributed by atoms with Crippen molar-refractivity contribution in [2.45, 2.75) is 24.7 Å². The van der Waals surface area contributed by atoms with Crippen molar-refractivity contribution in [3.63, 3.8) is 0 Å². The van der Waals surface area contributed by atoms with Gasteiger partial charge in [0.1, 0.15) is 4.90 Å². The molecule has 1 saturated heterocycles. The first-order chi connectivity index (χ1) is 10.4. The summed E-state index contributed by atoms with van der Waals surface area (Å²) in [6.07, 6.45) is 3.02. The molecule has 3 heterocycles. The van der Waals surface area contributed by atoms with E-state index in [0.717, 1.165) is 23.9 Å². The quantitative estimate of drug-likeness (QED) is 0.896. The summed E-state index contributed by atoms with van der Waals surface area (Å²) in [6, 6.07) is 1.64. The Kier molecular flexibility index (Phi) is 3.92. The Morgan fingerprint density at radius 1 is 1.45 bits per heavy atom. The second-order valence-electron chi connectivity index (χ2n) is 5.81. The minimum absolute atomic E-state index is 0.0142. The van der Waals surface area contributed by atoms with Gasteiger partial charge in [-0.3, -0.25) is 4.68 Å². The highest BCUT2D eigenvalue weighted by molar-refractivity contribution is 7.89. The molecule has 1 fully saturated rings. The third-order valence-corrected chi connectivity index (χ3v) is 6.05. The van der Waals surface area contributed by atoms with Gasteiger partial charge < -0.3 is 5.11 Å². The minimum atomic E-state index is -3.58. The van der Waals surface area contributed by atoms with E-state index in [4.69, 9.17) is 0 Å². The van der Waals surface area contributed by atoms with E-state index in [0.29, 0.717) is 18.7 Å². The van der Waals surface area contributed by atoms with Gasteiger partial charge in [0.15, 0.2) is 5.65 Å². The average molecular weight is 324 g/mol. The van der Waals surface area contributed by atoms with Crippen molar-refractivity contribution in [3.05, 3.63) is 18.0 Å². The van der Waals surface area contributed by atoms with Crippen LogP contribution in [-0.4, -0.2) is 52.3 Å². The highest BCUT2D eigenvalue weighted by Crippen LogP contribution is 2.25. The van der Waals surface area contributed by atoms with Gasteiger partial charge in [-0.2, -0.15) is 9.40 Å². The summed E-state index contributed by atoms with van der Waals surface area (Å²) >= 11 is 0. The van der Waals surface area contributed by atoms with Crippen LogP contribution >= 0.6 is 0 Å². The van der Waals surface area contributed by atoms with E-state index in [1.165, 1.54) is 10.5 Å². The van der Waals surface area contributed by atoms with Gasteiger partial charge in [-0.1, -0.05) is 0 Å². The van der Waals surface area contributed by atoms with Crippen molar-refractivity contribution >= 4 is 21.1 Å². The number of fused-ring (bicyclic) bond motifs is 1. The van der Waals surface area contributed by atoms with Gasteiger partial charge in [0.05, 0.1) is 5.69 Å². The Hall–Kier alpha value is -1.51. The largest absolute Gasteiger partial charge is 0.396 e. The predicted molar refractivity (Wildman–Crippen MR) is 81.8 cm³/mol. The molecule has 2 aromatic heterocycles. The second-order valence-corrected chi connectivity index (χ2v) is 7.74. The van der Waals surface area contributed by atoms with Crippen molar-refractivity contribution in [2.24, 2.45) is 13.0 Å². The first-order valence-corrected chi connectivity index (χ1v) is 8.78. The van der Waals surface area contributed by atoms with Gasteiger partial charge >= 0.3 is 0 Å². The molecule has 0 amide bonds. The van der Waals surface area contributed by atoms with Crippen molar-refractivity contribution in [1.29, 1.82) is 0 Å². The lowest BCUT2D eigenvalue weighted by molar-refractivity contribution is 0.165. The third-order valence-electron chi connectivity index (χ3n) is 4.22. The molecule has 8 heteroatoms. The number of aromatic nitrogens is 3. The standard InChI is InChI=1S/C14H20N4O3S/c1-10-13-6-12(7-15-14(13)17(2)16-10)22(20,21)18-5-3-4-11(8-18)9-19/h6-7,11,19H,3-5,8-9H2,1-2H3. The number of hydrogen-bond acceptors (Lipinski definition) is 5. The molecule has 1 aliphatic rings. The Balaban J connectivity index is 2.00. The lowest BCUT2D eigenvalue weighted by atomic mass is 10.0. The number of sulfonamides is 1. The van der Waals surface area contributed by atoms with Crippen LogP contribution in [-0.2, 0) is 17.1 Å². The van der Waals surface area contributed by atoms with Crippen molar-refractivity contribution in [1.82, 2.24) is 19.1 Å². The lowest BCUT2D eigenvalue weighted by Crippen LogP contribution is -2.40. The van der Waals surface area contributed by atoms with Crippen LogP contribution in [0.3, 0.4) is 0 Å². The molecular weight excluding hydrogens is 304 g/mol. The van der Waals surface area contributed by atoms with Crippen LogP contribution in [0, 0.1) is 12.8 Å². The molecule has 1 unspecified atom stereocenters. The molecule has 0 bridgehead atoms. The predicted octanol–water partition coefficient (Wildman–Crippen LogP) is 0.670. The fourth-order valence-electron chi connectivity index (χ4n) is 2.97. The molecule has 1 N–H and O–H groups in total. The fraction of sp³-hybridized carbons (Fsp3) is 0.571. The summed E-state index contributed by atoms with van der Waals surface area (Å²) in [5.74, 6) is 0.0142. The van der Waals surface area contributed by atoms with E-state index in [1.807, 2.05) is 6.92 Å². The number of aliphatic hydroxyl groups is 1. The van der Waals surface area contributed by atoms with Crippen molar-refractivity contribution in [2.75, 3.05) is 19.7 Å². The topological polar surface area (TPSA) is 88.3 Å². The number of rotatable bonds is 3. The molecule has 2 aromatic rings. The summed E-state index contributed by atoms with van der Waals surface area (Å²) in [5.41, 5.74) is 1.43. The second kappa shape index (κ2) is 5.60. The Bertz CT molecular complexity index is 800. The SMILES string of the molecule is Cc1nn(C)c2ncc(S(=O)(=O)N3CCCC(CO)C3)cc12. The summed E-state index contributed by atoms with van der Waals surface area (Å²) in [7, 11) is -1.80. The van der Waals surface area contributed by atoms with E-state index >= 15 is 0 Å². The van der Waals surface area contributed by atoms with E-state index < -0.39 is 10.0 Å². The lowest BCUT2D eigenvalue weighted by Gasteiger charge is -2.30. The van der Waals surface area contributed by atoms with Crippen LogP contribution in [0.15, 0.2) is 17.2 Å². The van der Waals surface area contributed by atoms with Gasteiger partial charge in [0, 0.05) is 38.3 Å². The third kappa shape index (κ3) is 2.51. The number of piperidine rings is 1. The highest BCUT2D eigenvalue weighted by Gasteiger charge is 2.30. The van der Waals surface area contributed by atoms with E-state index in [2.05, 4.69) is 10.1 Å². The zero-order valence-corrected chi connectivity index (χ0v) is 13.5. The maximum absolute atomic E-state index is 12.8. The normalized spacial score (nSPS) is 20.6. The van der Waals surface area contributed by atoms with E-state index in [9.17, 15) is 13.5 Å². The van der Waals surface area contributed by atoms with Gasteiger partial charge in [-0.05, 0) is 31.7 Å². The van der Waals surface area contributed by atoms with Gasteiger partial charge in [-0.25, -0.2) is 13.4 Å². The fourth-order valence-corrected chi connectivity index (χ4v) is 4.50. The first kappa shape index (κ1) is 15.4. The first-order valence-electron chi connectivity index (χ1n) is 7.34. The molecule has 22 heavy (non-hydrogen) atoms. The van der Waals surface area contributed by atoms with E-state index in [1.54, 1.807) is 17.8 Å². The van der Waals surface area contributed by atoms with Crippen LogP contribution in [0.25, 0.3) is 11.0 Å². The van der Waals surface area contributed by atoms with Crippen LogP contribution < -0.4 is 0 Å². The Morgan fingerprint density at radius 3 is 2.95 bits per heavy atom. The van der Waals surface area contributed by atoms with Crippen molar-refractivity contribution < 1.29 is 13.5 Å². The van der Waals surface area contributed by atoms with Crippen LogP contribution in [0.1, 0.15) is 18.5 Å². The number of nitrogens with zero attached hydrogens (tertiary/aromatic N) is 4. The highest BCUT2D eigenvalue weighted by atomic mass is 32.2. The molecule has 0 aromatic carbocycles. The molecule has 120 valence electrons. The number of hydrogen-bond donors (Lipinski definition) is 1. The summed E-state index contributed by atoms with van der Waals surface area (Å²) < 4.78 is 28.7. The van der Waals surface area contributed by atoms with Crippen LogP contribution in [0.5, 0.6) is 0 Å². The monoisotopic (exact) mass is 324 g/mol. The van der Waals surface area contributed by atoms with Crippen LogP contribution in [0.4, 0.5) is 0 Å². The molecular formula is C14H20N4O3S. The van der Waals surface area contributed by atoms with Gasteiger partial charge in [0.2, 0.25) is 10.0 Å². The molecule has 0 aliphatic carbocycles.